The van der Waals surface area contributed by atoms with Crippen LogP contribution in [0.25, 0.3) is 0 Å². The molecule has 2 bridgehead atoms. The van der Waals surface area contributed by atoms with Crippen LogP contribution in [0.4, 0.5) is 0 Å². The first kappa shape index (κ1) is 26.9. The highest BCUT2D eigenvalue weighted by Gasteiger charge is 2.67. The Bertz CT molecular complexity index is 894. The van der Waals surface area contributed by atoms with E-state index in [2.05, 4.69) is 19.9 Å². The largest absolute Gasteiger partial charge is 0.461 e. The number of carbonyl (C=O) groups is 1. The van der Waals surface area contributed by atoms with Crippen LogP contribution in [0.2, 0.25) is 0 Å². The van der Waals surface area contributed by atoms with Crippen molar-refractivity contribution in [3.8, 4) is 6.07 Å². The molecule has 4 aliphatic carbocycles. The number of rotatable bonds is 8. The van der Waals surface area contributed by atoms with Crippen molar-refractivity contribution in [1.29, 1.82) is 5.26 Å². The highest BCUT2D eigenvalue weighted by Crippen LogP contribution is 2.67. The van der Waals surface area contributed by atoms with E-state index in [4.69, 9.17) is 4.74 Å². The zero-order valence-corrected chi connectivity index (χ0v) is 23.1. The Balaban J connectivity index is 1.64. The fourth-order valence-electron chi connectivity index (χ4n) is 8.02. The maximum absolute atomic E-state index is 14.4. The molecular formula is C28H46N2O4S. The van der Waals surface area contributed by atoms with Gasteiger partial charge in [-0.15, -0.1) is 0 Å². The monoisotopic (exact) mass is 506 g/mol. The Kier molecular flexibility index (Phi) is 7.94. The molecule has 1 unspecified atom stereocenters. The van der Waals surface area contributed by atoms with Gasteiger partial charge in [-0.3, -0.25) is 4.79 Å². The van der Waals surface area contributed by atoms with Gasteiger partial charge < -0.3 is 4.74 Å². The maximum Gasteiger partial charge on any atom is 0.323 e. The molecule has 7 heteroatoms. The number of sulfonamides is 1. The molecule has 0 aliphatic heterocycles. The SMILES string of the molecule is CC(C)C(C#N)C(=O)O[C@@H]1C[C@H]2CC[C@]1(CS(=O)(=O)N(C1CCCCC1)C1CCCCC1)C2(C)C. The van der Waals surface area contributed by atoms with Gasteiger partial charge in [0.05, 0.1) is 11.8 Å². The van der Waals surface area contributed by atoms with Gasteiger partial charge in [0.1, 0.15) is 12.0 Å². The van der Waals surface area contributed by atoms with Crippen LogP contribution in [-0.4, -0.2) is 42.6 Å². The lowest BCUT2D eigenvalue weighted by Crippen LogP contribution is -2.54. The molecule has 4 atom stereocenters. The van der Waals surface area contributed by atoms with Crippen LogP contribution in [0, 0.1) is 39.9 Å². The highest BCUT2D eigenvalue weighted by atomic mass is 32.2. The lowest BCUT2D eigenvalue weighted by atomic mass is 9.69. The van der Waals surface area contributed by atoms with Crippen LogP contribution in [-0.2, 0) is 19.6 Å². The Hall–Kier alpha value is -1.13. The molecule has 4 rings (SSSR count). The molecule has 0 saturated heterocycles. The van der Waals surface area contributed by atoms with Crippen molar-refractivity contribution in [2.24, 2.45) is 28.6 Å². The quantitative estimate of drug-likeness (QED) is 0.387. The summed E-state index contributed by atoms with van der Waals surface area (Å²) in [7, 11) is -3.55. The average molecular weight is 507 g/mol. The molecular weight excluding hydrogens is 460 g/mol. The minimum absolute atomic E-state index is 0.0628. The van der Waals surface area contributed by atoms with E-state index >= 15 is 0 Å². The van der Waals surface area contributed by atoms with Gasteiger partial charge in [0.25, 0.3) is 0 Å². The standard InChI is InChI=1S/C28H46N2O4S/c1-20(2)24(18-29)26(31)34-25-17-21-15-16-28(25,27(21,3)4)19-35(32,33)30(22-11-7-5-8-12-22)23-13-9-6-10-14-23/h20-25H,5-17,19H2,1-4H3/t21-,24?,25-,28-/m1/s1. The van der Waals surface area contributed by atoms with Crippen LogP contribution in [0.1, 0.15) is 111 Å². The van der Waals surface area contributed by atoms with Gasteiger partial charge in [-0.25, -0.2) is 8.42 Å². The fraction of sp³-hybridized carbons (Fsp3) is 0.929. The molecule has 0 N–H and O–H groups in total. The number of fused-ring (bicyclic) bond motifs is 2. The van der Waals surface area contributed by atoms with E-state index in [-0.39, 0.29) is 29.2 Å². The number of hydrogen-bond acceptors (Lipinski definition) is 5. The minimum Gasteiger partial charge on any atom is -0.461 e. The fourth-order valence-corrected chi connectivity index (χ4v) is 10.8. The lowest BCUT2D eigenvalue weighted by Gasteiger charge is -2.46. The smallest absolute Gasteiger partial charge is 0.323 e. The minimum atomic E-state index is -3.55. The van der Waals surface area contributed by atoms with Gasteiger partial charge in [0.2, 0.25) is 10.0 Å². The Morgan fingerprint density at radius 3 is 2.00 bits per heavy atom. The van der Waals surface area contributed by atoms with Crippen molar-refractivity contribution in [2.45, 2.75) is 129 Å². The molecule has 4 aliphatic rings. The summed E-state index contributed by atoms with van der Waals surface area (Å²) in [6.07, 6.45) is 12.7. The van der Waals surface area contributed by atoms with Crippen molar-refractivity contribution in [1.82, 2.24) is 4.31 Å². The molecule has 0 heterocycles. The number of nitrogens with zero attached hydrogens (tertiary/aromatic N) is 2. The first-order valence-corrected chi connectivity index (χ1v) is 15.8. The summed E-state index contributed by atoms with van der Waals surface area (Å²) in [5.41, 5.74) is -0.819. The van der Waals surface area contributed by atoms with Gasteiger partial charge in [-0.1, -0.05) is 66.2 Å². The van der Waals surface area contributed by atoms with Crippen molar-refractivity contribution in [3.05, 3.63) is 0 Å². The van der Waals surface area contributed by atoms with Crippen LogP contribution >= 0.6 is 0 Å². The summed E-state index contributed by atoms with van der Waals surface area (Å²) in [4.78, 5) is 13.0. The second-order valence-electron chi connectivity index (χ2n) is 12.8. The number of ether oxygens (including phenoxy) is 1. The normalized spacial score (nSPS) is 32.6. The van der Waals surface area contributed by atoms with Crippen LogP contribution in [0.5, 0.6) is 0 Å². The van der Waals surface area contributed by atoms with E-state index < -0.39 is 33.4 Å². The predicted molar refractivity (Wildman–Crippen MR) is 137 cm³/mol. The third-order valence-electron chi connectivity index (χ3n) is 10.3. The van der Waals surface area contributed by atoms with Crippen LogP contribution in [0.15, 0.2) is 0 Å². The van der Waals surface area contributed by atoms with Gasteiger partial charge in [-0.2, -0.15) is 9.57 Å². The summed E-state index contributed by atoms with van der Waals surface area (Å²) in [6.45, 7) is 8.08. The van der Waals surface area contributed by atoms with Gasteiger partial charge in [-0.05, 0) is 62.2 Å². The molecule has 4 fully saturated rings. The zero-order chi connectivity index (χ0) is 25.4. The number of carbonyl (C=O) groups excluding carboxylic acids is 1. The Morgan fingerprint density at radius 1 is 1.00 bits per heavy atom. The summed E-state index contributed by atoms with van der Waals surface area (Å²) >= 11 is 0. The van der Waals surface area contributed by atoms with E-state index in [9.17, 15) is 18.5 Å². The topological polar surface area (TPSA) is 87.5 Å². The molecule has 0 aromatic carbocycles. The first-order valence-electron chi connectivity index (χ1n) is 14.1. The Morgan fingerprint density at radius 2 is 1.54 bits per heavy atom. The molecule has 0 aromatic rings. The first-order chi connectivity index (χ1) is 16.5. The number of esters is 1. The average Bonchev–Trinajstić information content (AvgIpc) is 3.15. The van der Waals surface area contributed by atoms with Crippen LogP contribution in [0.3, 0.4) is 0 Å². The molecule has 35 heavy (non-hydrogen) atoms. The molecule has 198 valence electrons. The molecule has 4 saturated carbocycles. The van der Waals surface area contributed by atoms with E-state index in [1.54, 1.807) is 0 Å². The van der Waals surface area contributed by atoms with Crippen molar-refractivity contribution in [3.63, 3.8) is 0 Å². The summed E-state index contributed by atoms with van der Waals surface area (Å²) in [5, 5.41) is 9.53. The highest BCUT2D eigenvalue weighted by molar-refractivity contribution is 7.89. The van der Waals surface area contributed by atoms with Crippen molar-refractivity contribution in [2.75, 3.05) is 5.75 Å². The third kappa shape index (κ3) is 4.91. The van der Waals surface area contributed by atoms with Crippen molar-refractivity contribution >= 4 is 16.0 Å². The zero-order valence-electron chi connectivity index (χ0n) is 22.3. The molecule has 0 radical (unpaired) electrons. The number of hydrogen-bond donors (Lipinski definition) is 0. The summed E-state index contributed by atoms with van der Waals surface area (Å²) < 4.78 is 36.9. The van der Waals surface area contributed by atoms with E-state index in [1.165, 1.54) is 12.8 Å². The maximum atomic E-state index is 14.4. The second-order valence-corrected chi connectivity index (χ2v) is 14.7. The molecule has 0 aromatic heterocycles. The molecule has 6 nitrogen and oxygen atoms in total. The van der Waals surface area contributed by atoms with E-state index in [0.29, 0.717) is 12.3 Å². The number of nitriles is 1. The summed E-state index contributed by atoms with van der Waals surface area (Å²) in [5.74, 6) is -1.02. The predicted octanol–water partition coefficient (Wildman–Crippen LogP) is 5.82. The van der Waals surface area contributed by atoms with Gasteiger partial charge in [0.15, 0.2) is 0 Å². The third-order valence-corrected chi connectivity index (χ3v) is 12.4. The van der Waals surface area contributed by atoms with Gasteiger partial charge in [0, 0.05) is 17.5 Å². The molecule has 0 spiro atoms. The lowest BCUT2D eigenvalue weighted by molar-refractivity contribution is -0.161. The van der Waals surface area contributed by atoms with Gasteiger partial charge >= 0.3 is 5.97 Å². The van der Waals surface area contributed by atoms with E-state index in [0.717, 1.165) is 64.2 Å². The second kappa shape index (κ2) is 10.3. The molecule has 0 amide bonds. The van der Waals surface area contributed by atoms with Crippen molar-refractivity contribution < 1.29 is 17.9 Å². The Labute approximate surface area is 213 Å². The summed E-state index contributed by atoms with van der Waals surface area (Å²) in [6, 6.07) is 2.33. The van der Waals surface area contributed by atoms with E-state index in [1.807, 2.05) is 18.2 Å². The van der Waals surface area contributed by atoms with Crippen LogP contribution < -0.4 is 0 Å².